The van der Waals surface area contributed by atoms with E-state index in [4.69, 9.17) is 39.6 Å². The van der Waals surface area contributed by atoms with Gasteiger partial charge in [-0.05, 0) is 38.6 Å². The number of aliphatic carboxylic acids is 4. The number of nitrogens with zero attached hydrogens (tertiary/aromatic N) is 3. The lowest BCUT2D eigenvalue weighted by Gasteiger charge is -2.32. The maximum absolute atomic E-state index is 9.10. The van der Waals surface area contributed by atoms with Crippen molar-refractivity contribution in [3.8, 4) is 0 Å². The van der Waals surface area contributed by atoms with Crippen LogP contribution in [0.15, 0.2) is 48.5 Å². The Morgan fingerprint density at radius 1 is 0.639 bits per heavy atom. The molecule has 2 aromatic carbocycles. The van der Waals surface area contributed by atoms with Crippen LogP contribution in [-0.2, 0) is 25.7 Å². The van der Waals surface area contributed by atoms with E-state index in [0.717, 1.165) is 6.54 Å². The van der Waals surface area contributed by atoms with Gasteiger partial charge in [0.2, 0.25) is 0 Å². The molecule has 0 radical (unpaired) electrons. The minimum atomic E-state index is -1.82. The highest BCUT2D eigenvalue weighted by molar-refractivity contribution is 6.27. The van der Waals surface area contributed by atoms with Crippen molar-refractivity contribution >= 4 is 45.7 Å². The number of aromatic nitrogens is 1. The van der Waals surface area contributed by atoms with E-state index < -0.39 is 23.9 Å². The number of hydrogen-bond donors (Lipinski definition) is 4. The molecule has 1 aromatic heterocycles. The average molecular weight is 502 g/mol. The summed E-state index contributed by atoms with van der Waals surface area (Å²) in [5, 5.41) is 32.3. The van der Waals surface area contributed by atoms with Gasteiger partial charge in [-0.2, -0.15) is 0 Å². The van der Waals surface area contributed by atoms with Crippen molar-refractivity contribution in [2.24, 2.45) is 0 Å². The lowest BCUT2D eigenvalue weighted by Crippen LogP contribution is -2.44. The van der Waals surface area contributed by atoms with Crippen LogP contribution in [0.3, 0.4) is 0 Å². The molecule has 0 atom stereocenters. The summed E-state index contributed by atoms with van der Waals surface area (Å²) in [6.07, 6.45) is 2.53. The van der Waals surface area contributed by atoms with Crippen LogP contribution in [0.25, 0.3) is 21.8 Å². The molecule has 0 aliphatic carbocycles. The van der Waals surface area contributed by atoms with E-state index >= 15 is 0 Å². The average Bonchev–Trinajstić information content (AvgIpc) is 3.17. The number of para-hydroxylation sites is 2. The molecule has 0 amide bonds. The SMILES string of the molecule is CN1CCN(CCCCn2c3ccccc3c3ccccc32)CC1.O=C(O)C(=O)O.O=C(O)C(=O)O. The van der Waals surface area contributed by atoms with Crippen LogP contribution in [0.5, 0.6) is 0 Å². The van der Waals surface area contributed by atoms with Crippen molar-refractivity contribution in [3.05, 3.63) is 48.5 Å². The van der Waals surface area contributed by atoms with Crippen LogP contribution in [-0.4, -0.2) is 98.4 Å². The molecule has 1 saturated heterocycles. The number of piperazine rings is 1. The number of carbonyl (C=O) groups is 4. The number of carboxylic acids is 4. The summed E-state index contributed by atoms with van der Waals surface area (Å²) in [5.74, 6) is -7.30. The molecule has 1 fully saturated rings. The molecule has 0 bridgehead atoms. The van der Waals surface area contributed by atoms with Gasteiger partial charge < -0.3 is 34.8 Å². The lowest BCUT2D eigenvalue weighted by molar-refractivity contribution is -0.159. The second-order valence-corrected chi connectivity index (χ2v) is 8.26. The molecule has 4 N–H and O–H groups in total. The van der Waals surface area contributed by atoms with E-state index in [1.54, 1.807) is 0 Å². The van der Waals surface area contributed by atoms with Gasteiger partial charge in [0, 0.05) is 54.5 Å². The third kappa shape index (κ3) is 8.36. The molecule has 194 valence electrons. The Bertz CT molecular complexity index is 1100. The van der Waals surface area contributed by atoms with Crippen molar-refractivity contribution in [3.63, 3.8) is 0 Å². The quantitative estimate of drug-likeness (QED) is 0.301. The van der Waals surface area contributed by atoms with Crippen LogP contribution in [0.1, 0.15) is 12.8 Å². The number of fused-ring (bicyclic) bond motifs is 3. The Morgan fingerprint density at radius 3 is 1.44 bits per heavy atom. The van der Waals surface area contributed by atoms with Crippen molar-refractivity contribution in [2.75, 3.05) is 39.8 Å². The fourth-order valence-corrected chi connectivity index (χ4v) is 3.92. The van der Waals surface area contributed by atoms with Gasteiger partial charge in [-0.15, -0.1) is 0 Å². The third-order valence-electron chi connectivity index (χ3n) is 5.75. The number of aryl methyl sites for hydroxylation is 1. The molecule has 2 heterocycles. The molecule has 1 aliphatic rings. The summed E-state index contributed by atoms with van der Waals surface area (Å²) in [6.45, 7) is 7.24. The Hall–Kier alpha value is -3.96. The zero-order valence-electron chi connectivity index (χ0n) is 20.0. The molecule has 4 rings (SSSR count). The summed E-state index contributed by atoms with van der Waals surface area (Å²) in [4.78, 5) is 41.4. The monoisotopic (exact) mass is 501 g/mol. The molecule has 11 nitrogen and oxygen atoms in total. The van der Waals surface area contributed by atoms with E-state index in [1.165, 1.54) is 67.4 Å². The van der Waals surface area contributed by atoms with Gasteiger partial charge in [-0.3, -0.25) is 0 Å². The molecule has 0 unspecified atom stereocenters. The van der Waals surface area contributed by atoms with Crippen molar-refractivity contribution < 1.29 is 39.6 Å². The number of benzene rings is 2. The highest BCUT2D eigenvalue weighted by Crippen LogP contribution is 2.28. The van der Waals surface area contributed by atoms with Gasteiger partial charge in [0.15, 0.2) is 0 Å². The second kappa shape index (κ2) is 13.8. The molecular weight excluding hydrogens is 470 g/mol. The predicted molar refractivity (Wildman–Crippen MR) is 133 cm³/mol. The standard InChI is InChI=1S/C21H27N3.2C2H2O4/c1-22-14-16-23(17-15-22)12-6-7-13-24-20-10-4-2-8-18(20)19-9-3-5-11-21(19)24;2*3-1(4)2(5)6/h2-5,8-11H,6-7,12-17H2,1H3;2*(H,3,4)(H,5,6). The normalized spacial score (nSPS) is 13.8. The summed E-state index contributed by atoms with van der Waals surface area (Å²) in [6, 6.07) is 17.6. The smallest absolute Gasteiger partial charge is 0.414 e. The highest BCUT2D eigenvalue weighted by Gasteiger charge is 2.13. The number of unbranched alkanes of at least 4 members (excludes halogenated alkanes) is 1. The van der Waals surface area contributed by atoms with Crippen molar-refractivity contribution in [1.82, 2.24) is 14.4 Å². The molecule has 11 heteroatoms. The maximum atomic E-state index is 9.10. The van der Waals surface area contributed by atoms with Crippen LogP contribution in [0.4, 0.5) is 0 Å². The first-order chi connectivity index (χ1) is 17.1. The summed E-state index contributed by atoms with van der Waals surface area (Å²) in [7, 11) is 2.22. The minimum Gasteiger partial charge on any atom is -0.473 e. The van der Waals surface area contributed by atoms with Gasteiger partial charge in [-0.25, -0.2) is 19.2 Å². The number of rotatable bonds is 5. The zero-order valence-corrected chi connectivity index (χ0v) is 20.0. The number of carboxylic acid groups (broad SMARTS) is 4. The van der Waals surface area contributed by atoms with Crippen LogP contribution < -0.4 is 0 Å². The van der Waals surface area contributed by atoms with Gasteiger partial charge in [-0.1, -0.05) is 36.4 Å². The van der Waals surface area contributed by atoms with Crippen LogP contribution >= 0.6 is 0 Å². The molecular formula is C25H31N3O8. The first-order valence-electron chi connectivity index (χ1n) is 11.4. The second-order valence-electron chi connectivity index (χ2n) is 8.26. The van der Waals surface area contributed by atoms with Crippen molar-refractivity contribution in [2.45, 2.75) is 19.4 Å². The number of hydrogen-bond acceptors (Lipinski definition) is 6. The first-order valence-corrected chi connectivity index (χ1v) is 11.4. The van der Waals surface area contributed by atoms with Gasteiger partial charge in [0.25, 0.3) is 0 Å². The Morgan fingerprint density at radius 2 is 1.03 bits per heavy atom. The van der Waals surface area contributed by atoms with Crippen LogP contribution in [0.2, 0.25) is 0 Å². The van der Waals surface area contributed by atoms with E-state index in [2.05, 4.69) is 69.9 Å². The molecule has 3 aromatic rings. The topological polar surface area (TPSA) is 161 Å². The molecule has 36 heavy (non-hydrogen) atoms. The number of likely N-dealkylation sites (N-methyl/N-ethyl adjacent to an activating group) is 1. The lowest BCUT2D eigenvalue weighted by atomic mass is 10.2. The Labute approximate surface area is 207 Å². The van der Waals surface area contributed by atoms with E-state index in [-0.39, 0.29) is 0 Å². The molecule has 0 saturated carbocycles. The third-order valence-corrected chi connectivity index (χ3v) is 5.75. The highest BCUT2D eigenvalue weighted by atomic mass is 16.4. The predicted octanol–water partition coefficient (Wildman–Crippen LogP) is 2.13. The fraction of sp³-hybridized carbons (Fsp3) is 0.360. The maximum Gasteiger partial charge on any atom is 0.414 e. The van der Waals surface area contributed by atoms with Gasteiger partial charge in [0.05, 0.1) is 0 Å². The fourth-order valence-electron chi connectivity index (χ4n) is 3.92. The summed E-state index contributed by atoms with van der Waals surface area (Å²) < 4.78 is 2.51. The molecule has 1 aliphatic heterocycles. The van der Waals surface area contributed by atoms with E-state index in [9.17, 15) is 0 Å². The zero-order chi connectivity index (χ0) is 26.7. The van der Waals surface area contributed by atoms with Gasteiger partial charge in [0.1, 0.15) is 0 Å². The largest absolute Gasteiger partial charge is 0.473 e. The summed E-state index contributed by atoms with van der Waals surface area (Å²) in [5.41, 5.74) is 2.75. The Kier molecular flexibility index (Phi) is 10.8. The van der Waals surface area contributed by atoms with Crippen molar-refractivity contribution in [1.29, 1.82) is 0 Å². The van der Waals surface area contributed by atoms with Crippen LogP contribution in [0, 0.1) is 0 Å². The Balaban J connectivity index is 0.000000319. The first kappa shape index (κ1) is 28.3. The van der Waals surface area contributed by atoms with E-state index in [0.29, 0.717) is 0 Å². The van der Waals surface area contributed by atoms with Gasteiger partial charge >= 0.3 is 23.9 Å². The molecule has 0 spiro atoms. The summed E-state index contributed by atoms with van der Waals surface area (Å²) >= 11 is 0. The minimum absolute atomic E-state index is 1.11. The van der Waals surface area contributed by atoms with E-state index in [1.807, 2.05) is 0 Å².